The lowest BCUT2D eigenvalue weighted by Crippen LogP contribution is -2.35. The number of carbonyl (C=O) groups excluding carboxylic acids is 2. The summed E-state index contributed by atoms with van der Waals surface area (Å²) in [6.45, 7) is 3.13. The normalized spacial score (nSPS) is 10.9. The molecule has 0 radical (unpaired) electrons. The summed E-state index contributed by atoms with van der Waals surface area (Å²) in [5, 5.41) is 4.36. The number of hydrogen-bond acceptors (Lipinski definition) is 14. The van der Waals surface area contributed by atoms with Gasteiger partial charge in [-0.05, 0) is 38.1 Å². The number of carbonyl (C=O) groups is 2. The van der Waals surface area contributed by atoms with E-state index < -0.39 is 32.1 Å². The van der Waals surface area contributed by atoms with Crippen molar-refractivity contribution in [1.29, 1.82) is 0 Å². The Labute approximate surface area is 272 Å². The Morgan fingerprint density at radius 3 is 1.28 bits per heavy atom. The predicted octanol–water partition coefficient (Wildman–Crippen LogP) is 2.70. The molecule has 0 saturated heterocycles. The molecule has 0 atom stereocenters. The molecular weight excluding hydrogens is 691 g/mol. The predicted molar refractivity (Wildman–Crippen MR) is 164 cm³/mol. The number of nitrogens with zero attached hydrogens (tertiary/aromatic N) is 6. The number of benzene rings is 2. The number of aromatic nitrogens is 6. The van der Waals surface area contributed by atoms with Crippen LogP contribution in [-0.4, -0.2) is 73.0 Å². The number of amides is 4. The average Bonchev–Trinajstić information content (AvgIpc) is 2.96. The van der Waals surface area contributed by atoms with Crippen LogP contribution in [0.1, 0.15) is 11.6 Å². The van der Waals surface area contributed by atoms with Crippen molar-refractivity contribution in [3.05, 3.63) is 70.2 Å². The van der Waals surface area contributed by atoms with Crippen molar-refractivity contribution in [2.24, 2.45) is 0 Å². The van der Waals surface area contributed by atoms with Crippen molar-refractivity contribution in [3.8, 4) is 12.0 Å². The Morgan fingerprint density at radius 1 is 0.609 bits per heavy atom. The molecule has 2 aromatic carbocycles. The quantitative estimate of drug-likeness (QED) is 0.205. The minimum absolute atomic E-state index is 0.00882. The highest BCUT2D eigenvalue weighted by atomic mass is 35.5. The number of rotatable bonds is 8. The van der Waals surface area contributed by atoms with Gasteiger partial charge in [-0.2, -0.15) is 29.9 Å². The molecule has 2 aromatic heterocycles. The second-order valence-corrected chi connectivity index (χ2v) is 12.5. The first-order chi connectivity index (χ1) is 21.6. The Bertz CT molecular complexity index is 1830. The molecule has 0 aliphatic rings. The molecule has 0 unspecified atom stereocenters. The molecule has 22 heteroatoms. The van der Waals surface area contributed by atoms with Crippen LogP contribution in [0.25, 0.3) is 0 Å². The van der Waals surface area contributed by atoms with Gasteiger partial charge in [0.05, 0.1) is 24.3 Å². The van der Waals surface area contributed by atoms with E-state index in [4.69, 9.17) is 32.7 Å². The molecule has 0 spiro atoms. The van der Waals surface area contributed by atoms with Crippen LogP contribution in [0.4, 0.5) is 21.5 Å². The van der Waals surface area contributed by atoms with Crippen LogP contribution >= 0.6 is 23.2 Å². The van der Waals surface area contributed by atoms with E-state index in [0.29, 0.717) is 11.6 Å². The van der Waals surface area contributed by atoms with Gasteiger partial charge >= 0.3 is 24.1 Å². The first-order valence-corrected chi connectivity index (χ1v) is 16.1. The highest BCUT2D eigenvalue weighted by Crippen LogP contribution is 2.21. The maximum absolute atomic E-state index is 12.1. The molecule has 244 valence electrons. The highest BCUT2D eigenvalue weighted by Gasteiger charge is 2.22. The third kappa shape index (κ3) is 10.1. The fourth-order valence-corrected chi connectivity index (χ4v) is 6.00. The monoisotopic (exact) mass is 714 g/mol. The number of hydrogen-bond donors (Lipinski definition) is 4. The zero-order valence-corrected chi connectivity index (χ0v) is 27.3. The van der Waals surface area contributed by atoms with Gasteiger partial charge in [0.25, 0.3) is 20.0 Å². The zero-order valence-electron chi connectivity index (χ0n) is 24.1. The molecule has 0 bridgehead atoms. The van der Waals surface area contributed by atoms with Crippen LogP contribution in [0.5, 0.6) is 12.0 Å². The van der Waals surface area contributed by atoms with Crippen molar-refractivity contribution >= 4 is 67.2 Å². The molecule has 0 saturated carbocycles. The Morgan fingerprint density at radius 2 is 0.957 bits per heavy atom. The number of methoxy groups -OCH3 is 2. The van der Waals surface area contributed by atoms with Crippen LogP contribution < -0.4 is 29.6 Å². The maximum atomic E-state index is 12.1. The number of anilines is 2. The first-order valence-electron chi connectivity index (χ1n) is 12.3. The summed E-state index contributed by atoms with van der Waals surface area (Å²) < 4.78 is 61.7. The maximum Gasteiger partial charge on any atom is 0.335 e. The third-order valence-corrected chi connectivity index (χ3v) is 8.64. The third-order valence-electron chi connectivity index (χ3n) is 4.98. The van der Waals surface area contributed by atoms with Crippen molar-refractivity contribution in [2.45, 2.75) is 23.6 Å². The lowest BCUT2D eigenvalue weighted by Gasteiger charge is -2.09. The van der Waals surface area contributed by atoms with Gasteiger partial charge in [0.1, 0.15) is 21.4 Å². The molecule has 2 heterocycles. The second-order valence-electron chi connectivity index (χ2n) is 8.37. The van der Waals surface area contributed by atoms with Crippen molar-refractivity contribution in [2.75, 3.05) is 24.9 Å². The number of halogens is 2. The van der Waals surface area contributed by atoms with Gasteiger partial charge in [-0.15, -0.1) is 0 Å². The van der Waals surface area contributed by atoms with Crippen molar-refractivity contribution in [3.63, 3.8) is 0 Å². The van der Waals surface area contributed by atoms with Gasteiger partial charge in [-0.3, -0.25) is 10.6 Å². The van der Waals surface area contributed by atoms with E-state index in [0.717, 1.165) is 0 Å². The van der Waals surface area contributed by atoms with E-state index in [1.165, 1.54) is 50.6 Å². The largest absolute Gasteiger partial charge is 0.467 e. The molecule has 18 nitrogen and oxygen atoms in total. The van der Waals surface area contributed by atoms with Gasteiger partial charge < -0.3 is 9.47 Å². The Balaban J connectivity index is 0.000000250. The number of ether oxygens (including phenoxy) is 2. The molecule has 0 aliphatic heterocycles. The van der Waals surface area contributed by atoms with Crippen molar-refractivity contribution in [1.82, 2.24) is 39.3 Å². The summed E-state index contributed by atoms with van der Waals surface area (Å²) in [5.74, 6) is 0.282. The van der Waals surface area contributed by atoms with Gasteiger partial charge in [-0.25, -0.2) is 35.9 Å². The molecule has 0 fully saturated rings. The summed E-state index contributed by atoms with van der Waals surface area (Å²) in [4.78, 5) is 46.2. The first kappa shape index (κ1) is 35.6. The van der Waals surface area contributed by atoms with Crippen molar-refractivity contribution < 1.29 is 35.9 Å². The molecule has 4 amide bonds. The van der Waals surface area contributed by atoms with Crippen LogP contribution in [-0.2, 0) is 20.0 Å². The van der Waals surface area contributed by atoms with Gasteiger partial charge in [0, 0.05) is 0 Å². The fraction of sp³-hybridized carbons (Fsp3) is 0.167. The van der Waals surface area contributed by atoms with Gasteiger partial charge in [0.15, 0.2) is 0 Å². The standard InChI is InChI=1S/2C12H12ClN5O4S/c2*1-7-14-10(17-12(15-7)22-2)16-11(19)18-23(20,21)9-6-4-3-5-8(9)13/h2*3-6H,1-2H3,(H2,14,15,16,17,18,19). The number of sulfonamides is 2. The van der Waals surface area contributed by atoms with Crippen LogP contribution in [0, 0.1) is 13.8 Å². The lowest BCUT2D eigenvalue weighted by atomic mass is 10.4. The lowest BCUT2D eigenvalue weighted by molar-refractivity contribution is 0.255. The van der Waals surface area contributed by atoms with E-state index in [2.05, 4.69) is 40.5 Å². The summed E-state index contributed by atoms with van der Waals surface area (Å²) in [5.41, 5.74) is 0. The molecule has 0 aliphatic carbocycles. The van der Waals surface area contributed by atoms with Gasteiger partial charge in [-0.1, -0.05) is 47.5 Å². The van der Waals surface area contributed by atoms with E-state index >= 15 is 0 Å². The van der Waals surface area contributed by atoms with Crippen LogP contribution in [0.2, 0.25) is 10.0 Å². The fourth-order valence-electron chi connectivity index (χ4n) is 3.14. The Hall–Kier alpha value is -4.92. The molecule has 46 heavy (non-hydrogen) atoms. The number of nitrogens with one attached hydrogen (secondary N) is 4. The van der Waals surface area contributed by atoms with E-state index in [1.54, 1.807) is 26.0 Å². The zero-order chi connectivity index (χ0) is 34.1. The highest BCUT2D eigenvalue weighted by molar-refractivity contribution is 7.90. The van der Waals surface area contributed by atoms with E-state index in [-0.39, 0.29) is 43.8 Å². The van der Waals surface area contributed by atoms with E-state index in [9.17, 15) is 26.4 Å². The SMILES string of the molecule is COc1nc(C)nc(NC(=O)NS(=O)(=O)c2ccccc2Cl)n1.COc1nc(C)nc(NC(=O)NS(=O)(=O)c2ccccc2Cl)n1. The summed E-state index contributed by atoms with van der Waals surface area (Å²) in [6, 6.07) is 9.34. The van der Waals surface area contributed by atoms with Crippen LogP contribution in [0.3, 0.4) is 0 Å². The van der Waals surface area contributed by atoms with Crippen LogP contribution in [0.15, 0.2) is 58.3 Å². The minimum Gasteiger partial charge on any atom is -0.467 e. The number of aryl methyl sites for hydroxylation is 2. The second kappa shape index (κ2) is 15.4. The molecule has 4 N–H and O–H groups in total. The number of urea groups is 2. The Kier molecular flexibility index (Phi) is 11.9. The molecule has 4 rings (SSSR count). The minimum atomic E-state index is -4.13. The topological polar surface area (TPSA) is 246 Å². The smallest absolute Gasteiger partial charge is 0.335 e. The summed E-state index contributed by atoms with van der Waals surface area (Å²) in [7, 11) is -5.57. The summed E-state index contributed by atoms with van der Waals surface area (Å²) >= 11 is 11.6. The molecular formula is C24H24Cl2N10O8S2. The average molecular weight is 716 g/mol. The molecule has 4 aromatic rings. The summed E-state index contributed by atoms with van der Waals surface area (Å²) in [6.07, 6.45) is 0. The van der Waals surface area contributed by atoms with Gasteiger partial charge in [0.2, 0.25) is 11.9 Å². The van der Waals surface area contributed by atoms with E-state index in [1.807, 2.05) is 9.44 Å².